The van der Waals surface area contributed by atoms with Gasteiger partial charge in [-0.25, -0.2) is 9.69 Å². The molecule has 0 bridgehead atoms. The number of benzene rings is 4. The number of urea groups is 1. The van der Waals surface area contributed by atoms with Gasteiger partial charge in [-0.15, -0.1) is 0 Å². The minimum atomic E-state index is -0.450. The van der Waals surface area contributed by atoms with Crippen molar-refractivity contribution in [2.75, 3.05) is 28.0 Å². The molecule has 0 saturated carbocycles. The zero-order valence-corrected chi connectivity index (χ0v) is 23.6. The number of hydrogen-bond donors (Lipinski definition) is 3. The molecule has 0 spiro atoms. The maximum atomic E-state index is 13.6. The summed E-state index contributed by atoms with van der Waals surface area (Å²) in [5, 5.41) is 8.71. The Morgan fingerprint density at radius 2 is 1.45 bits per heavy atom. The van der Waals surface area contributed by atoms with Crippen molar-refractivity contribution in [2.24, 2.45) is 0 Å². The summed E-state index contributed by atoms with van der Waals surface area (Å²) < 4.78 is 6.09. The van der Waals surface area contributed by atoms with Crippen LogP contribution < -0.4 is 25.6 Å². The molecule has 1 aliphatic heterocycles. The lowest BCUT2D eigenvalue weighted by atomic mass is 10.3. The molecule has 200 valence electrons. The Morgan fingerprint density at radius 1 is 0.775 bits per heavy atom. The smallest absolute Gasteiger partial charge is 0.323 e. The lowest BCUT2D eigenvalue weighted by Gasteiger charge is -2.15. The highest BCUT2D eigenvalue weighted by Crippen LogP contribution is 2.38. The third kappa shape index (κ3) is 6.19. The van der Waals surface area contributed by atoms with Gasteiger partial charge in [0.2, 0.25) is 0 Å². The summed E-state index contributed by atoms with van der Waals surface area (Å²) in [4.78, 5) is 41.8. The first-order valence-corrected chi connectivity index (χ1v) is 13.7. The van der Waals surface area contributed by atoms with E-state index in [9.17, 15) is 14.4 Å². The van der Waals surface area contributed by atoms with E-state index in [1.807, 2.05) is 36.4 Å². The van der Waals surface area contributed by atoms with E-state index in [4.69, 9.17) is 4.74 Å². The predicted octanol–water partition coefficient (Wildman–Crippen LogP) is 7.09. The van der Waals surface area contributed by atoms with Gasteiger partial charge in [-0.05, 0) is 66.7 Å². The van der Waals surface area contributed by atoms with Gasteiger partial charge >= 0.3 is 6.03 Å². The van der Waals surface area contributed by atoms with Crippen LogP contribution in [0.3, 0.4) is 0 Å². The number of amides is 4. The average Bonchev–Trinajstić information content (AvgIpc) is 3.18. The molecule has 4 aromatic carbocycles. The first kappa shape index (κ1) is 27.0. The van der Waals surface area contributed by atoms with Crippen molar-refractivity contribution in [3.63, 3.8) is 0 Å². The molecule has 4 amide bonds. The summed E-state index contributed by atoms with van der Waals surface area (Å²) >= 11 is 4.56. The molecule has 0 radical (unpaired) electrons. The van der Waals surface area contributed by atoms with Crippen LogP contribution in [0.15, 0.2) is 123 Å². The molecular weight excluding hydrogens is 592 g/mol. The summed E-state index contributed by atoms with van der Waals surface area (Å²) in [6.45, 7) is 0. The Labute approximate surface area is 243 Å². The molecule has 0 unspecified atom stereocenters. The molecule has 1 aliphatic rings. The maximum absolute atomic E-state index is 13.6. The normalized spacial score (nSPS) is 12.9. The van der Waals surface area contributed by atoms with Crippen LogP contribution in [-0.2, 0) is 9.59 Å². The summed E-state index contributed by atoms with van der Waals surface area (Å²) in [5.74, 6) is -0.263. The number of carbonyl (C=O) groups excluding carboxylic acids is 3. The highest BCUT2D eigenvalue weighted by atomic mass is 79.9. The SMILES string of the molecule is COc1cccc(NC(=O)Nc2cccc(SC3=C(Nc4ccc(Br)cc4)C(=O)N(c4ccccc4)C3=O)c2)c1. The van der Waals surface area contributed by atoms with E-state index >= 15 is 0 Å². The van der Waals surface area contributed by atoms with Gasteiger partial charge in [0.05, 0.1) is 12.8 Å². The van der Waals surface area contributed by atoms with Crippen LogP contribution in [0.25, 0.3) is 0 Å². The monoisotopic (exact) mass is 614 g/mol. The topological polar surface area (TPSA) is 99.8 Å². The highest BCUT2D eigenvalue weighted by molar-refractivity contribution is 9.10. The van der Waals surface area contributed by atoms with Crippen LogP contribution in [0, 0.1) is 0 Å². The fourth-order valence-electron chi connectivity index (χ4n) is 3.95. The Morgan fingerprint density at radius 3 is 2.15 bits per heavy atom. The van der Waals surface area contributed by atoms with E-state index in [0.717, 1.165) is 21.1 Å². The summed E-state index contributed by atoms with van der Waals surface area (Å²) in [5.41, 5.74) is 2.41. The minimum Gasteiger partial charge on any atom is -0.497 e. The molecule has 4 aromatic rings. The lowest BCUT2D eigenvalue weighted by molar-refractivity contribution is -0.120. The molecule has 40 heavy (non-hydrogen) atoms. The number of rotatable bonds is 8. The van der Waals surface area contributed by atoms with E-state index in [-0.39, 0.29) is 10.6 Å². The highest BCUT2D eigenvalue weighted by Gasteiger charge is 2.40. The molecule has 10 heteroatoms. The maximum Gasteiger partial charge on any atom is 0.323 e. The Hall–Kier alpha value is -4.54. The number of anilines is 4. The van der Waals surface area contributed by atoms with E-state index < -0.39 is 17.8 Å². The van der Waals surface area contributed by atoms with Gasteiger partial charge in [0.25, 0.3) is 11.8 Å². The van der Waals surface area contributed by atoms with Crippen molar-refractivity contribution in [3.8, 4) is 5.75 Å². The second-order valence-corrected chi connectivity index (χ2v) is 10.6. The molecule has 3 N–H and O–H groups in total. The van der Waals surface area contributed by atoms with Crippen LogP contribution in [0.2, 0.25) is 0 Å². The molecule has 5 rings (SSSR count). The molecule has 1 heterocycles. The number of para-hydroxylation sites is 1. The van der Waals surface area contributed by atoms with Crippen LogP contribution in [0.1, 0.15) is 0 Å². The van der Waals surface area contributed by atoms with E-state index in [1.54, 1.807) is 73.8 Å². The Kier molecular flexibility index (Phi) is 8.18. The number of nitrogens with one attached hydrogen (secondary N) is 3. The number of nitrogens with zero attached hydrogens (tertiary/aromatic N) is 1. The van der Waals surface area contributed by atoms with Crippen molar-refractivity contribution in [1.29, 1.82) is 0 Å². The molecule has 0 aromatic heterocycles. The van der Waals surface area contributed by atoms with Crippen LogP contribution in [0.4, 0.5) is 27.5 Å². The standard InChI is InChI=1S/C30H23BrN4O4S/c1-39-24-11-5-7-21(17-24)33-30(38)34-22-8-6-12-25(18-22)40-27-26(32-20-15-13-19(31)14-16-20)28(36)35(29(27)37)23-9-3-2-4-10-23/h2-18,32H,1H3,(H2,33,34,38). The quantitative estimate of drug-likeness (QED) is 0.183. The molecule has 0 atom stereocenters. The fraction of sp³-hybridized carbons (Fsp3) is 0.0333. The zero-order valence-electron chi connectivity index (χ0n) is 21.2. The Balaban J connectivity index is 1.39. The van der Waals surface area contributed by atoms with Crippen LogP contribution in [-0.4, -0.2) is 25.0 Å². The van der Waals surface area contributed by atoms with Gasteiger partial charge in [0.1, 0.15) is 16.4 Å². The van der Waals surface area contributed by atoms with Crippen molar-refractivity contribution < 1.29 is 19.1 Å². The summed E-state index contributed by atoms with van der Waals surface area (Å²) in [6.07, 6.45) is 0. The lowest BCUT2D eigenvalue weighted by Crippen LogP contribution is -2.32. The number of imide groups is 1. The number of hydrogen-bond acceptors (Lipinski definition) is 6. The molecule has 8 nitrogen and oxygen atoms in total. The molecule has 0 fully saturated rings. The van der Waals surface area contributed by atoms with Gasteiger partial charge < -0.3 is 20.7 Å². The molecular formula is C30H23BrN4O4S. The van der Waals surface area contributed by atoms with Crippen molar-refractivity contribution >= 4 is 68.3 Å². The molecule has 0 aliphatic carbocycles. The number of halogens is 1. The largest absolute Gasteiger partial charge is 0.497 e. The van der Waals surface area contributed by atoms with Gasteiger partial charge in [0, 0.05) is 32.5 Å². The second kappa shape index (κ2) is 12.1. The van der Waals surface area contributed by atoms with Gasteiger partial charge in [-0.3, -0.25) is 9.59 Å². The number of ether oxygens (including phenoxy) is 1. The van der Waals surface area contributed by atoms with E-state index in [0.29, 0.717) is 33.4 Å². The fourth-order valence-corrected chi connectivity index (χ4v) is 5.20. The zero-order chi connectivity index (χ0) is 28.1. The van der Waals surface area contributed by atoms with Gasteiger partial charge in [-0.2, -0.15) is 0 Å². The van der Waals surface area contributed by atoms with Crippen molar-refractivity contribution in [3.05, 3.63) is 118 Å². The first-order chi connectivity index (χ1) is 19.4. The average molecular weight is 616 g/mol. The second-order valence-electron chi connectivity index (χ2n) is 8.56. The van der Waals surface area contributed by atoms with Crippen molar-refractivity contribution in [1.82, 2.24) is 0 Å². The third-order valence-corrected chi connectivity index (χ3v) is 7.41. The predicted molar refractivity (Wildman–Crippen MR) is 162 cm³/mol. The van der Waals surface area contributed by atoms with Crippen LogP contribution in [0.5, 0.6) is 5.75 Å². The molecule has 0 saturated heterocycles. The number of carbonyl (C=O) groups is 3. The number of methoxy groups -OCH3 is 1. The van der Waals surface area contributed by atoms with Gasteiger partial charge in [0.15, 0.2) is 0 Å². The van der Waals surface area contributed by atoms with Gasteiger partial charge in [-0.1, -0.05) is 58.0 Å². The number of thioether (sulfide) groups is 1. The first-order valence-electron chi connectivity index (χ1n) is 12.1. The van der Waals surface area contributed by atoms with Crippen LogP contribution >= 0.6 is 27.7 Å². The third-order valence-electron chi connectivity index (χ3n) is 5.81. The van der Waals surface area contributed by atoms with Crippen molar-refractivity contribution in [2.45, 2.75) is 4.90 Å². The summed E-state index contributed by atoms with van der Waals surface area (Å²) in [7, 11) is 1.55. The van der Waals surface area contributed by atoms with E-state index in [1.165, 1.54) is 0 Å². The minimum absolute atomic E-state index is 0.176. The van der Waals surface area contributed by atoms with E-state index in [2.05, 4.69) is 31.9 Å². The summed E-state index contributed by atoms with van der Waals surface area (Å²) in [6, 6.07) is 29.7. The Bertz CT molecular complexity index is 1610.